The molecular weight excluding hydrogens is 342 g/mol. The number of amides is 1. The summed E-state index contributed by atoms with van der Waals surface area (Å²) in [7, 11) is 1.33. The van der Waals surface area contributed by atoms with Crippen LogP contribution in [0.2, 0.25) is 0 Å². The third kappa shape index (κ3) is 6.29. The zero-order valence-electron chi connectivity index (χ0n) is 15.9. The van der Waals surface area contributed by atoms with Crippen LogP contribution in [0.1, 0.15) is 25.0 Å². The van der Waals surface area contributed by atoms with Crippen LogP contribution in [-0.4, -0.2) is 29.9 Å². The Balaban J connectivity index is 2.29. The van der Waals surface area contributed by atoms with Gasteiger partial charge in [0.1, 0.15) is 0 Å². The van der Waals surface area contributed by atoms with E-state index < -0.39 is 5.97 Å². The lowest BCUT2D eigenvalue weighted by Gasteiger charge is -2.32. The minimum Gasteiger partial charge on any atom is -0.472 e. The summed E-state index contributed by atoms with van der Waals surface area (Å²) in [5, 5.41) is 0. The molecule has 0 bridgehead atoms. The number of carbonyl (C=O) groups is 2. The van der Waals surface area contributed by atoms with Crippen molar-refractivity contribution in [3.63, 3.8) is 0 Å². The zero-order valence-corrected chi connectivity index (χ0v) is 15.9. The SMILES string of the molecule is COC(=O)/C=C/[C@H](C(C)C)N(Cc1ccccc1)C(=O)/C=C/c1ccoc1. The molecule has 0 radical (unpaired) electrons. The normalized spacial score (nSPS) is 12.6. The number of hydrogen-bond donors (Lipinski definition) is 0. The molecule has 1 aromatic carbocycles. The average molecular weight is 367 g/mol. The lowest BCUT2D eigenvalue weighted by molar-refractivity contribution is -0.135. The molecule has 0 unspecified atom stereocenters. The summed E-state index contributed by atoms with van der Waals surface area (Å²) in [6.45, 7) is 4.46. The van der Waals surface area contributed by atoms with Gasteiger partial charge in [0.15, 0.2) is 0 Å². The highest BCUT2D eigenvalue weighted by Crippen LogP contribution is 2.18. The Morgan fingerprint density at radius 1 is 1.15 bits per heavy atom. The Kier molecular flexibility index (Phi) is 7.62. The molecule has 0 aliphatic heterocycles. The highest BCUT2D eigenvalue weighted by molar-refractivity contribution is 5.92. The maximum absolute atomic E-state index is 13.0. The molecule has 1 heterocycles. The van der Waals surface area contributed by atoms with E-state index in [0.717, 1.165) is 11.1 Å². The van der Waals surface area contributed by atoms with Gasteiger partial charge in [0.2, 0.25) is 5.91 Å². The highest BCUT2D eigenvalue weighted by atomic mass is 16.5. The van der Waals surface area contributed by atoms with E-state index in [9.17, 15) is 9.59 Å². The Bertz CT molecular complexity index is 776. The van der Waals surface area contributed by atoms with Crippen molar-refractivity contribution in [3.8, 4) is 0 Å². The predicted molar refractivity (Wildman–Crippen MR) is 105 cm³/mol. The second-order valence-corrected chi connectivity index (χ2v) is 6.46. The molecule has 0 saturated carbocycles. The summed E-state index contributed by atoms with van der Waals surface area (Å²) in [5.74, 6) is -0.476. The lowest BCUT2D eigenvalue weighted by atomic mass is 10.0. The molecule has 0 N–H and O–H groups in total. The summed E-state index contributed by atoms with van der Waals surface area (Å²) >= 11 is 0. The first-order valence-electron chi connectivity index (χ1n) is 8.82. The van der Waals surface area contributed by atoms with E-state index in [-0.39, 0.29) is 17.9 Å². The number of nitrogens with zero attached hydrogens (tertiary/aromatic N) is 1. The number of rotatable bonds is 8. The van der Waals surface area contributed by atoms with Crippen molar-refractivity contribution < 1.29 is 18.7 Å². The molecule has 0 fully saturated rings. The van der Waals surface area contributed by atoms with Crippen molar-refractivity contribution in [3.05, 3.63) is 78.3 Å². The Morgan fingerprint density at radius 3 is 2.48 bits per heavy atom. The molecular formula is C22H25NO4. The Labute approximate surface area is 159 Å². The van der Waals surface area contributed by atoms with Crippen molar-refractivity contribution in [1.29, 1.82) is 0 Å². The molecule has 2 aromatic rings. The molecule has 0 aliphatic rings. The number of hydrogen-bond acceptors (Lipinski definition) is 4. The maximum atomic E-state index is 13.0. The lowest BCUT2D eigenvalue weighted by Crippen LogP contribution is -2.41. The molecule has 1 atom stereocenters. The molecule has 0 saturated heterocycles. The van der Waals surface area contributed by atoms with Gasteiger partial charge in [-0.1, -0.05) is 50.3 Å². The topological polar surface area (TPSA) is 59.8 Å². The monoisotopic (exact) mass is 367 g/mol. The van der Waals surface area contributed by atoms with Gasteiger partial charge in [-0.3, -0.25) is 4.79 Å². The van der Waals surface area contributed by atoms with Gasteiger partial charge in [-0.25, -0.2) is 4.79 Å². The summed E-state index contributed by atoms with van der Waals surface area (Å²) in [6.07, 6.45) is 9.46. The zero-order chi connectivity index (χ0) is 19.6. The van der Waals surface area contributed by atoms with E-state index in [4.69, 9.17) is 4.42 Å². The molecule has 1 aromatic heterocycles. The van der Waals surface area contributed by atoms with Crippen LogP contribution in [0.25, 0.3) is 6.08 Å². The number of methoxy groups -OCH3 is 1. The van der Waals surface area contributed by atoms with Gasteiger partial charge in [0.25, 0.3) is 0 Å². The van der Waals surface area contributed by atoms with Gasteiger partial charge in [-0.05, 0) is 23.6 Å². The first-order valence-corrected chi connectivity index (χ1v) is 8.82. The molecule has 27 heavy (non-hydrogen) atoms. The second kappa shape index (κ2) is 10.2. The van der Waals surface area contributed by atoms with Crippen molar-refractivity contribution >= 4 is 18.0 Å². The van der Waals surface area contributed by atoms with Crippen LogP contribution in [0, 0.1) is 5.92 Å². The van der Waals surface area contributed by atoms with E-state index in [1.165, 1.54) is 19.3 Å². The van der Waals surface area contributed by atoms with Gasteiger partial charge in [-0.2, -0.15) is 0 Å². The number of esters is 1. The number of carbonyl (C=O) groups excluding carboxylic acids is 2. The first kappa shape index (κ1) is 20.2. The summed E-state index contributed by atoms with van der Waals surface area (Å²) in [5.41, 5.74) is 1.83. The van der Waals surface area contributed by atoms with Gasteiger partial charge < -0.3 is 14.1 Å². The summed E-state index contributed by atoms with van der Waals surface area (Å²) < 4.78 is 9.71. The van der Waals surface area contributed by atoms with Crippen LogP contribution in [0.4, 0.5) is 0 Å². The predicted octanol–water partition coefficient (Wildman–Crippen LogP) is 4.08. The third-order valence-corrected chi connectivity index (χ3v) is 4.11. The van der Waals surface area contributed by atoms with Gasteiger partial charge in [-0.15, -0.1) is 0 Å². The molecule has 0 spiro atoms. The number of furan rings is 1. The average Bonchev–Trinajstić information content (AvgIpc) is 3.19. The van der Waals surface area contributed by atoms with E-state index in [1.807, 2.05) is 44.2 Å². The molecule has 2 rings (SSSR count). The van der Waals surface area contributed by atoms with Crippen molar-refractivity contribution in [2.24, 2.45) is 5.92 Å². The van der Waals surface area contributed by atoms with E-state index in [0.29, 0.717) is 6.54 Å². The van der Waals surface area contributed by atoms with Gasteiger partial charge in [0, 0.05) is 24.3 Å². The fourth-order valence-electron chi connectivity index (χ4n) is 2.67. The largest absolute Gasteiger partial charge is 0.472 e. The van der Waals surface area contributed by atoms with Crippen LogP contribution in [0.5, 0.6) is 0 Å². The molecule has 0 aliphatic carbocycles. The first-order chi connectivity index (χ1) is 13.0. The van der Waals surface area contributed by atoms with Crippen LogP contribution in [-0.2, 0) is 20.9 Å². The quantitative estimate of drug-likeness (QED) is 0.521. The standard InChI is InChI=1S/C22H25NO4/c1-17(2)20(10-12-22(25)26-3)23(15-18-7-5-4-6-8-18)21(24)11-9-19-13-14-27-16-19/h4-14,16-17,20H,15H2,1-3H3/b11-9+,12-10+/t20-/m1/s1. The highest BCUT2D eigenvalue weighted by Gasteiger charge is 2.23. The summed E-state index contributed by atoms with van der Waals surface area (Å²) in [6, 6.07) is 11.3. The van der Waals surface area contributed by atoms with Crippen molar-refractivity contribution in [1.82, 2.24) is 4.90 Å². The van der Waals surface area contributed by atoms with Crippen molar-refractivity contribution in [2.45, 2.75) is 26.4 Å². The fraction of sp³-hybridized carbons (Fsp3) is 0.273. The van der Waals surface area contributed by atoms with Gasteiger partial charge >= 0.3 is 5.97 Å². The minimum absolute atomic E-state index is 0.112. The summed E-state index contributed by atoms with van der Waals surface area (Å²) in [4.78, 5) is 26.2. The van der Waals surface area contributed by atoms with E-state index >= 15 is 0 Å². The van der Waals surface area contributed by atoms with Crippen LogP contribution < -0.4 is 0 Å². The van der Waals surface area contributed by atoms with E-state index in [2.05, 4.69) is 4.74 Å². The Hall–Kier alpha value is -3.08. The van der Waals surface area contributed by atoms with Crippen LogP contribution in [0.15, 0.2) is 71.6 Å². The molecule has 1 amide bonds. The maximum Gasteiger partial charge on any atom is 0.330 e. The second-order valence-electron chi connectivity index (χ2n) is 6.46. The number of ether oxygens (including phenoxy) is 1. The Morgan fingerprint density at radius 2 is 1.89 bits per heavy atom. The third-order valence-electron chi connectivity index (χ3n) is 4.11. The number of benzene rings is 1. The van der Waals surface area contributed by atoms with Crippen LogP contribution >= 0.6 is 0 Å². The molecule has 142 valence electrons. The van der Waals surface area contributed by atoms with Crippen LogP contribution in [0.3, 0.4) is 0 Å². The molecule has 5 nitrogen and oxygen atoms in total. The van der Waals surface area contributed by atoms with Gasteiger partial charge in [0.05, 0.1) is 25.7 Å². The fourth-order valence-corrected chi connectivity index (χ4v) is 2.67. The smallest absolute Gasteiger partial charge is 0.330 e. The van der Waals surface area contributed by atoms with E-state index in [1.54, 1.807) is 35.6 Å². The van der Waals surface area contributed by atoms with Crippen molar-refractivity contribution in [2.75, 3.05) is 7.11 Å². The minimum atomic E-state index is -0.443. The molecule has 5 heteroatoms.